The van der Waals surface area contributed by atoms with Crippen molar-refractivity contribution in [2.24, 2.45) is 0 Å². The van der Waals surface area contributed by atoms with Crippen LogP contribution in [0.2, 0.25) is 0 Å². The first-order valence-electron chi connectivity index (χ1n) is 7.71. The SMILES string of the molecule is CCc1ccc(OCc2nc(C3CNCCN3C)no2)cc1. The average Bonchev–Trinajstić information content (AvgIpc) is 3.02. The standard InChI is InChI=1S/C16H22N4O2/c1-3-12-4-6-13(7-5-12)21-11-15-18-16(19-22-15)14-10-17-8-9-20(14)2/h4-7,14,17H,3,8-11H2,1-2H3. The van der Waals surface area contributed by atoms with Crippen LogP contribution in [0.15, 0.2) is 28.8 Å². The van der Waals surface area contributed by atoms with Crippen LogP contribution in [0.1, 0.15) is 30.2 Å². The third-order valence-electron chi connectivity index (χ3n) is 3.99. The zero-order valence-corrected chi connectivity index (χ0v) is 13.1. The van der Waals surface area contributed by atoms with Gasteiger partial charge in [-0.05, 0) is 31.2 Å². The number of benzene rings is 1. The van der Waals surface area contributed by atoms with Gasteiger partial charge in [0.25, 0.3) is 5.89 Å². The molecule has 3 rings (SSSR count). The van der Waals surface area contributed by atoms with E-state index in [0.29, 0.717) is 12.5 Å². The van der Waals surface area contributed by atoms with Gasteiger partial charge in [-0.1, -0.05) is 24.2 Å². The summed E-state index contributed by atoms with van der Waals surface area (Å²) in [7, 11) is 2.08. The van der Waals surface area contributed by atoms with Gasteiger partial charge in [-0.3, -0.25) is 4.90 Å². The van der Waals surface area contributed by atoms with E-state index in [9.17, 15) is 0 Å². The molecule has 1 N–H and O–H groups in total. The number of nitrogens with one attached hydrogen (secondary N) is 1. The molecule has 0 aliphatic carbocycles. The fraction of sp³-hybridized carbons (Fsp3) is 0.500. The fourth-order valence-corrected chi connectivity index (χ4v) is 2.52. The molecule has 22 heavy (non-hydrogen) atoms. The van der Waals surface area contributed by atoms with Gasteiger partial charge in [0.05, 0.1) is 6.04 Å². The highest BCUT2D eigenvalue weighted by Crippen LogP contribution is 2.18. The van der Waals surface area contributed by atoms with Crippen LogP contribution in [-0.2, 0) is 13.0 Å². The number of hydrogen-bond acceptors (Lipinski definition) is 6. The van der Waals surface area contributed by atoms with E-state index in [0.717, 1.165) is 37.6 Å². The number of likely N-dealkylation sites (N-methyl/N-ethyl adjacent to an activating group) is 1. The van der Waals surface area contributed by atoms with E-state index in [4.69, 9.17) is 9.26 Å². The van der Waals surface area contributed by atoms with E-state index < -0.39 is 0 Å². The minimum Gasteiger partial charge on any atom is -0.484 e. The molecule has 1 aromatic carbocycles. The molecule has 0 radical (unpaired) electrons. The van der Waals surface area contributed by atoms with Gasteiger partial charge >= 0.3 is 0 Å². The Morgan fingerprint density at radius 3 is 2.91 bits per heavy atom. The van der Waals surface area contributed by atoms with Gasteiger partial charge < -0.3 is 14.6 Å². The lowest BCUT2D eigenvalue weighted by Gasteiger charge is -2.30. The maximum absolute atomic E-state index is 5.69. The topological polar surface area (TPSA) is 63.4 Å². The van der Waals surface area contributed by atoms with Crippen LogP contribution >= 0.6 is 0 Å². The maximum atomic E-state index is 5.69. The Morgan fingerprint density at radius 2 is 2.18 bits per heavy atom. The predicted octanol–water partition coefficient (Wildman–Crippen LogP) is 1.79. The summed E-state index contributed by atoms with van der Waals surface area (Å²) in [5.74, 6) is 2.04. The molecular formula is C16H22N4O2. The van der Waals surface area contributed by atoms with Crippen molar-refractivity contribution in [3.63, 3.8) is 0 Å². The molecule has 1 atom stereocenters. The van der Waals surface area contributed by atoms with Gasteiger partial charge in [-0.25, -0.2) is 0 Å². The van der Waals surface area contributed by atoms with E-state index in [1.807, 2.05) is 12.1 Å². The van der Waals surface area contributed by atoms with E-state index in [-0.39, 0.29) is 6.04 Å². The molecule has 1 saturated heterocycles. The van der Waals surface area contributed by atoms with Gasteiger partial charge in [0.2, 0.25) is 0 Å². The second-order valence-corrected chi connectivity index (χ2v) is 5.53. The van der Waals surface area contributed by atoms with Crippen LogP contribution in [0.3, 0.4) is 0 Å². The van der Waals surface area contributed by atoms with Gasteiger partial charge in [0.15, 0.2) is 12.4 Å². The predicted molar refractivity (Wildman–Crippen MR) is 82.7 cm³/mol. The van der Waals surface area contributed by atoms with Crippen LogP contribution in [0.5, 0.6) is 5.75 Å². The number of aryl methyl sites for hydroxylation is 1. The number of hydrogen-bond donors (Lipinski definition) is 1. The quantitative estimate of drug-likeness (QED) is 0.908. The van der Waals surface area contributed by atoms with Gasteiger partial charge in [-0.15, -0.1) is 0 Å². The largest absolute Gasteiger partial charge is 0.484 e. The summed E-state index contributed by atoms with van der Waals surface area (Å²) in [6.45, 7) is 5.24. The Labute approximate surface area is 130 Å². The monoisotopic (exact) mass is 302 g/mol. The average molecular weight is 302 g/mol. The van der Waals surface area contributed by atoms with Crippen molar-refractivity contribution in [1.82, 2.24) is 20.4 Å². The lowest BCUT2D eigenvalue weighted by atomic mass is 10.2. The normalized spacial score (nSPS) is 19.3. The van der Waals surface area contributed by atoms with Crippen molar-refractivity contribution in [2.75, 3.05) is 26.7 Å². The van der Waals surface area contributed by atoms with Crippen LogP contribution < -0.4 is 10.1 Å². The maximum Gasteiger partial charge on any atom is 0.264 e. The third kappa shape index (κ3) is 3.45. The molecule has 1 aliphatic rings. The third-order valence-corrected chi connectivity index (χ3v) is 3.99. The summed E-state index contributed by atoms with van der Waals surface area (Å²) in [6, 6.07) is 8.23. The molecule has 0 amide bonds. The van der Waals surface area contributed by atoms with Crippen molar-refractivity contribution in [3.05, 3.63) is 41.5 Å². The lowest BCUT2D eigenvalue weighted by Crippen LogP contribution is -2.44. The summed E-state index contributed by atoms with van der Waals surface area (Å²) in [6.07, 6.45) is 1.02. The van der Waals surface area contributed by atoms with Crippen molar-refractivity contribution in [3.8, 4) is 5.75 Å². The highest BCUT2D eigenvalue weighted by atomic mass is 16.5. The van der Waals surface area contributed by atoms with E-state index in [2.05, 4.69) is 46.5 Å². The van der Waals surface area contributed by atoms with Gasteiger partial charge in [0.1, 0.15) is 5.75 Å². The molecule has 0 bridgehead atoms. The first kappa shape index (κ1) is 15.0. The molecule has 1 fully saturated rings. The number of rotatable bonds is 5. The van der Waals surface area contributed by atoms with E-state index in [1.54, 1.807) is 0 Å². The smallest absolute Gasteiger partial charge is 0.264 e. The van der Waals surface area contributed by atoms with E-state index >= 15 is 0 Å². The zero-order valence-electron chi connectivity index (χ0n) is 13.1. The van der Waals surface area contributed by atoms with Gasteiger partial charge in [0, 0.05) is 19.6 Å². The number of piperazine rings is 1. The number of aromatic nitrogens is 2. The first-order valence-corrected chi connectivity index (χ1v) is 7.71. The highest BCUT2D eigenvalue weighted by Gasteiger charge is 2.25. The molecular weight excluding hydrogens is 280 g/mol. The van der Waals surface area contributed by atoms with E-state index in [1.165, 1.54) is 5.56 Å². The number of nitrogens with zero attached hydrogens (tertiary/aromatic N) is 3. The van der Waals surface area contributed by atoms with Crippen molar-refractivity contribution >= 4 is 0 Å². The molecule has 2 heterocycles. The molecule has 0 spiro atoms. The van der Waals surface area contributed by atoms with Crippen molar-refractivity contribution < 1.29 is 9.26 Å². The molecule has 0 saturated carbocycles. The van der Waals surface area contributed by atoms with Gasteiger partial charge in [-0.2, -0.15) is 4.98 Å². The van der Waals surface area contributed by atoms with Crippen molar-refractivity contribution in [2.45, 2.75) is 26.0 Å². The van der Waals surface area contributed by atoms with Crippen LogP contribution in [-0.4, -0.2) is 41.7 Å². The molecule has 1 aliphatic heterocycles. The van der Waals surface area contributed by atoms with Crippen LogP contribution in [0, 0.1) is 0 Å². The Morgan fingerprint density at radius 1 is 1.36 bits per heavy atom. The minimum atomic E-state index is 0.162. The molecule has 118 valence electrons. The Balaban J connectivity index is 1.59. The second-order valence-electron chi connectivity index (χ2n) is 5.53. The summed E-state index contributed by atoms with van der Waals surface area (Å²) in [5, 5.41) is 7.43. The number of ether oxygens (including phenoxy) is 1. The van der Waals surface area contributed by atoms with Crippen molar-refractivity contribution in [1.29, 1.82) is 0 Å². The summed E-state index contributed by atoms with van der Waals surface area (Å²) in [4.78, 5) is 6.68. The zero-order chi connectivity index (χ0) is 15.4. The van der Waals surface area contributed by atoms with Crippen LogP contribution in [0.25, 0.3) is 0 Å². The fourth-order valence-electron chi connectivity index (χ4n) is 2.52. The second kappa shape index (κ2) is 6.89. The molecule has 1 unspecified atom stereocenters. The Bertz CT molecular complexity index is 596. The first-order chi connectivity index (χ1) is 10.8. The molecule has 2 aromatic rings. The minimum absolute atomic E-state index is 0.162. The molecule has 6 heteroatoms. The summed E-state index contributed by atoms with van der Waals surface area (Å²) in [5.41, 5.74) is 1.29. The lowest BCUT2D eigenvalue weighted by molar-refractivity contribution is 0.189. The Kier molecular flexibility index (Phi) is 4.70. The summed E-state index contributed by atoms with van der Waals surface area (Å²) < 4.78 is 11.0. The van der Waals surface area contributed by atoms with Crippen LogP contribution in [0.4, 0.5) is 0 Å². The molecule has 6 nitrogen and oxygen atoms in total. The molecule has 1 aromatic heterocycles. The summed E-state index contributed by atoms with van der Waals surface area (Å²) >= 11 is 0. The highest BCUT2D eigenvalue weighted by molar-refractivity contribution is 5.27. The Hall–Kier alpha value is -1.92.